The lowest BCUT2D eigenvalue weighted by Gasteiger charge is -2.23. The largest absolute Gasteiger partial charge is 0.489 e. The minimum atomic E-state index is -3.67. The Balaban J connectivity index is 1.72. The number of para-hydroxylation sites is 1. The first kappa shape index (κ1) is 23.3. The Kier molecular flexibility index (Phi) is 7.53. The molecule has 0 saturated carbocycles. The quantitative estimate of drug-likeness (QED) is 0.517. The highest BCUT2D eigenvalue weighted by atomic mass is 32.2. The van der Waals surface area contributed by atoms with Crippen molar-refractivity contribution in [1.82, 2.24) is 0 Å². The van der Waals surface area contributed by atoms with Gasteiger partial charge in [-0.3, -0.25) is 9.10 Å². The molecule has 6 nitrogen and oxygen atoms in total. The molecule has 3 rings (SSSR count). The number of amides is 1. The van der Waals surface area contributed by atoms with Crippen LogP contribution in [0.1, 0.15) is 23.6 Å². The van der Waals surface area contributed by atoms with Crippen LogP contribution in [-0.4, -0.2) is 27.1 Å². The normalized spacial score (nSPS) is 11.1. The molecule has 0 unspecified atom stereocenters. The van der Waals surface area contributed by atoms with E-state index in [-0.39, 0.29) is 6.54 Å². The Morgan fingerprint density at radius 1 is 0.969 bits per heavy atom. The Hall–Kier alpha value is -3.32. The molecule has 0 radical (unpaired) electrons. The van der Waals surface area contributed by atoms with Gasteiger partial charge in [-0.2, -0.15) is 0 Å². The van der Waals surface area contributed by atoms with Crippen LogP contribution >= 0.6 is 0 Å². The highest BCUT2D eigenvalue weighted by Gasteiger charge is 2.21. The van der Waals surface area contributed by atoms with Gasteiger partial charge in [0.1, 0.15) is 18.9 Å². The summed E-state index contributed by atoms with van der Waals surface area (Å²) in [6.45, 7) is 4.01. The lowest BCUT2D eigenvalue weighted by Crippen LogP contribution is -2.37. The van der Waals surface area contributed by atoms with Crippen molar-refractivity contribution in [2.45, 2.75) is 26.9 Å². The molecule has 3 aromatic carbocycles. The molecule has 0 aliphatic carbocycles. The van der Waals surface area contributed by atoms with Crippen molar-refractivity contribution in [1.29, 1.82) is 0 Å². The van der Waals surface area contributed by atoms with Gasteiger partial charge in [-0.15, -0.1) is 0 Å². The third-order valence-corrected chi connectivity index (χ3v) is 6.21. The number of sulfonamides is 1. The predicted molar refractivity (Wildman–Crippen MR) is 129 cm³/mol. The fourth-order valence-electron chi connectivity index (χ4n) is 3.36. The van der Waals surface area contributed by atoms with Crippen LogP contribution in [-0.2, 0) is 27.8 Å². The molecule has 0 bridgehead atoms. The predicted octanol–water partition coefficient (Wildman–Crippen LogP) is 4.54. The number of hydrogen-bond donors (Lipinski definition) is 1. The van der Waals surface area contributed by atoms with Crippen molar-refractivity contribution < 1.29 is 17.9 Å². The Morgan fingerprint density at radius 2 is 1.66 bits per heavy atom. The van der Waals surface area contributed by atoms with Gasteiger partial charge < -0.3 is 10.1 Å². The number of anilines is 2. The molecule has 0 aromatic heterocycles. The highest BCUT2D eigenvalue weighted by molar-refractivity contribution is 7.92. The van der Waals surface area contributed by atoms with Crippen molar-refractivity contribution in [3.05, 3.63) is 89.5 Å². The number of nitrogens with zero attached hydrogens (tertiary/aromatic N) is 1. The number of ether oxygens (including phenoxy) is 1. The van der Waals surface area contributed by atoms with E-state index in [1.54, 1.807) is 24.3 Å². The molecule has 0 spiro atoms. The van der Waals surface area contributed by atoms with E-state index in [9.17, 15) is 13.2 Å². The van der Waals surface area contributed by atoms with Gasteiger partial charge in [0.2, 0.25) is 15.9 Å². The summed E-state index contributed by atoms with van der Waals surface area (Å²) >= 11 is 0. The number of carbonyl (C=O) groups is 1. The average molecular weight is 453 g/mol. The first-order chi connectivity index (χ1) is 15.3. The molecule has 32 heavy (non-hydrogen) atoms. The maximum atomic E-state index is 12.7. The van der Waals surface area contributed by atoms with Crippen LogP contribution in [0.3, 0.4) is 0 Å². The van der Waals surface area contributed by atoms with Crippen LogP contribution in [0.25, 0.3) is 0 Å². The summed E-state index contributed by atoms with van der Waals surface area (Å²) in [5, 5.41) is 2.88. The number of carbonyl (C=O) groups excluding carboxylic acids is 1. The maximum absolute atomic E-state index is 12.7. The molecular formula is C25H28N2O4S. The lowest BCUT2D eigenvalue weighted by atomic mass is 10.1. The zero-order valence-electron chi connectivity index (χ0n) is 18.5. The van der Waals surface area contributed by atoms with Crippen molar-refractivity contribution in [2.75, 3.05) is 22.4 Å². The van der Waals surface area contributed by atoms with E-state index in [2.05, 4.69) is 5.32 Å². The lowest BCUT2D eigenvalue weighted by molar-refractivity contribution is -0.114. The second kappa shape index (κ2) is 10.3. The van der Waals surface area contributed by atoms with Crippen LogP contribution in [0.2, 0.25) is 0 Å². The van der Waals surface area contributed by atoms with Gasteiger partial charge in [0, 0.05) is 5.69 Å². The number of benzene rings is 3. The molecule has 3 aromatic rings. The summed E-state index contributed by atoms with van der Waals surface area (Å²) in [7, 11) is -3.67. The van der Waals surface area contributed by atoms with E-state index < -0.39 is 15.9 Å². The third-order valence-electron chi connectivity index (χ3n) is 5.06. The van der Waals surface area contributed by atoms with Gasteiger partial charge in [0.05, 0.1) is 11.9 Å². The van der Waals surface area contributed by atoms with Crippen molar-refractivity contribution >= 4 is 27.3 Å². The molecule has 7 heteroatoms. The third kappa shape index (κ3) is 6.11. The van der Waals surface area contributed by atoms with Gasteiger partial charge in [-0.1, -0.05) is 55.5 Å². The molecule has 0 aliphatic rings. The molecule has 0 heterocycles. The zero-order chi connectivity index (χ0) is 23.1. The molecule has 0 saturated heterocycles. The molecule has 168 valence electrons. The first-order valence-electron chi connectivity index (χ1n) is 10.4. The van der Waals surface area contributed by atoms with Crippen LogP contribution in [0.5, 0.6) is 5.75 Å². The minimum Gasteiger partial charge on any atom is -0.489 e. The maximum Gasteiger partial charge on any atom is 0.245 e. The molecule has 0 fully saturated rings. The molecule has 0 atom stereocenters. The first-order valence-corrected chi connectivity index (χ1v) is 12.3. The van der Waals surface area contributed by atoms with Crippen LogP contribution in [0, 0.1) is 6.92 Å². The Labute approximate surface area is 189 Å². The number of rotatable bonds is 9. The van der Waals surface area contributed by atoms with E-state index in [0.717, 1.165) is 39.4 Å². The smallest absolute Gasteiger partial charge is 0.245 e. The summed E-state index contributed by atoms with van der Waals surface area (Å²) in [6.07, 6.45) is 1.85. The second-order valence-corrected chi connectivity index (χ2v) is 9.46. The van der Waals surface area contributed by atoms with Crippen LogP contribution in [0.15, 0.2) is 72.8 Å². The van der Waals surface area contributed by atoms with Gasteiger partial charge in [0.15, 0.2) is 0 Å². The number of nitrogens with one attached hydrogen (secondary N) is 1. The van der Waals surface area contributed by atoms with Gasteiger partial charge in [-0.25, -0.2) is 8.42 Å². The summed E-state index contributed by atoms with van der Waals surface area (Å²) in [5.41, 5.74) is 4.11. The van der Waals surface area contributed by atoms with E-state index in [1.807, 2.05) is 62.4 Å². The fraction of sp³-hybridized carbons (Fsp3) is 0.240. The molecule has 0 aliphatic heterocycles. The van der Waals surface area contributed by atoms with Gasteiger partial charge in [-0.05, 0) is 54.3 Å². The standard InChI is InChI=1S/C25H28N2O4S/c1-4-21-12-8-9-19(2)25(21)26-24(28)17-27(32(3,29)30)22-13-15-23(16-14-22)31-18-20-10-6-5-7-11-20/h5-16H,4,17-18H2,1-3H3,(H,26,28). The Morgan fingerprint density at radius 3 is 2.28 bits per heavy atom. The Bertz CT molecular complexity index is 1160. The number of aryl methyl sites for hydroxylation is 2. The van der Waals surface area contributed by atoms with E-state index in [1.165, 1.54) is 0 Å². The van der Waals surface area contributed by atoms with E-state index in [4.69, 9.17) is 4.74 Å². The SMILES string of the molecule is CCc1cccc(C)c1NC(=O)CN(c1ccc(OCc2ccccc2)cc1)S(C)(=O)=O. The van der Waals surface area contributed by atoms with Crippen LogP contribution < -0.4 is 14.4 Å². The van der Waals surface area contributed by atoms with Gasteiger partial charge in [0.25, 0.3) is 0 Å². The van der Waals surface area contributed by atoms with Crippen molar-refractivity contribution in [3.8, 4) is 5.75 Å². The summed E-state index contributed by atoms with van der Waals surface area (Å²) in [5.74, 6) is 0.215. The topological polar surface area (TPSA) is 75.7 Å². The molecule has 1 amide bonds. The summed E-state index contributed by atoms with van der Waals surface area (Å²) < 4.78 is 31.7. The molecule has 1 N–H and O–H groups in total. The number of hydrogen-bond acceptors (Lipinski definition) is 4. The van der Waals surface area contributed by atoms with Crippen molar-refractivity contribution in [3.63, 3.8) is 0 Å². The van der Waals surface area contributed by atoms with Crippen LogP contribution in [0.4, 0.5) is 11.4 Å². The van der Waals surface area contributed by atoms with E-state index in [0.29, 0.717) is 18.0 Å². The fourth-order valence-corrected chi connectivity index (χ4v) is 4.22. The molecular weight excluding hydrogens is 424 g/mol. The zero-order valence-corrected chi connectivity index (χ0v) is 19.4. The highest BCUT2D eigenvalue weighted by Crippen LogP contribution is 2.24. The van der Waals surface area contributed by atoms with E-state index >= 15 is 0 Å². The monoisotopic (exact) mass is 452 g/mol. The summed E-state index contributed by atoms with van der Waals surface area (Å²) in [4.78, 5) is 12.7. The second-order valence-electron chi connectivity index (χ2n) is 7.55. The van der Waals surface area contributed by atoms with Gasteiger partial charge >= 0.3 is 0 Å². The minimum absolute atomic E-state index is 0.319. The average Bonchev–Trinajstić information content (AvgIpc) is 2.78. The summed E-state index contributed by atoms with van der Waals surface area (Å²) in [6, 6.07) is 22.2. The van der Waals surface area contributed by atoms with Crippen molar-refractivity contribution in [2.24, 2.45) is 0 Å².